The normalized spacial score (nSPS) is 17.1. The number of carbonyl (C=O) groups excluding carboxylic acids is 1. The van der Waals surface area contributed by atoms with Gasteiger partial charge in [-0.3, -0.25) is 14.3 Å². The van der Waals surface area contributed by atoms with E-state index in [1.807, 2.05) is 44.3 Å². The predicted molar refractivity (Wildman–Crippen MR) is 105 cm³/mol. The Labute approximate surface area is 162 Å². The average Bonchev–Trinajstić information content (AvgIpc) is 3.01. The van der Waals surface area contributed by atoms with E-state index < -0.39 is 11.9 Å². The van der Waals surface area contributed by atoms with Crippen molar-refractivity contribution in [3.8, 4) is 11.3 Å². The van der Waals surface area contributed by atoms with E-state index in [4.69, 9.17) is 4.98 Å². The van der Waals surface area contributed by atoms with Gasteiger partial charge in [-0.15, -0.1) is 0 Å². The van der Waals surface area contributed by atoms with E-state index in [9.17, 15) is 14.7 Å². The number of carboxylic acids is 1. The Morgan fingerprint density at radius 3 is 2.68 bits per heavy atom. The van der Waals surface area contributed by atoms with Gasteiger partial charge >= 0.3 is 5.97 Å². The van der Waals surface area contributed by atoms with Crippen LogP contribution in [0.15, 0.2) is 36.4 Å². The van der Waals surface area contributed by atoms with Crippen LogP contribution in [0.2, 0.25) is 0 Å². The van der Waals surface area contributed by atoms with Crippen LogP contribution in [0.5, 0.6) is 0 Å². The Bertz CT molecular complexity index is 1060. The fourth-order valence-corrected chi connectivity index (χ4v) is 3.90. The molecule has 7 nitrogen and oxygen atoms in total. The summed E-state index contributed by atoms with van der Waals surface area (Å²) >= 11 is 0. The minimum atomic E-state index is -0.847. The highest BCUT2D eigenvalue weighted by molar-refractivity contribution is 6.07. The number of piperidine rings is 1. The summed E-state index contributed by atoms with van der Waals surface area (Å²) in [6.07, 6.45) is 1.29. The van der Waals surface area contributed by atoms with Gasteiger partial charge in [-0.1, -0.05) is 30.3 Å². The maximum Gasteiger partial charge on any atom is 0.308 e. The first-order valence-corrected chi connectivity index (χ1v) is 9.37. The minimum Gasteiger partial charge on any atom is -0.481 e. The SMILES string of the molecule is Cc1nn(C)c2nc(-c3ccccc3)cc(C(=O)N3CCCC(C(=O)O)C3)c12. The van der Waals surface area contributed by atoms with Crippen molar-refractivity contribution in [2.75, 3.05) is 13.1 Å². The highest BCUT2D eigenvalue weighted by Gasteiger charge is 2.30. The van der Waals surface area contributed by atoms with Crippen LogP contribution in [0.3, 0.4) is 0 Å². The van der Waals surface area contributed by atoms with E-state index in [0.29, 0.717) is 36.3 Å². The second-order valence-corrected chi connectivity index (χ2v) is 7.26. The van der Waals surface area contributed by atoms with Crippen molar-refractivity contribution in [1.82, 2.24) is 19.7 Å². The summed E-state index contributed by atoms with van der Waals surface area (Å²) in [6.45, 7) is 2.66. The van der Waals surface area contributed by atoms with Crippen molar-refractivity contribution in [3.05, 3.63) is 47.7 Å². The Morgan fingerprint density at radius 1 is 1.21 bits per heavy atom. The van der Waals surface area contributed by atoms with Gasteiger partial charge in [0.15, 0.2) is 5.65 Å². The number of hydrogen-bond donors (Lipinski definition) is 1. The van der Waals surface area contributed by atoms with Crippen molar-refractivity contribution in [2.24, 2.45) is 13.0 Å². The molecule has 1 aliphatic heterocycles. The van der Waals surface area contributed by atoms with E-state index >= 15 is 0 Å². The van der Waals surface area contributed by atoms with Gasteiger partial charge in [-0.05, 0) is 25.8 Å². The molecule has 0 saturated carbocycles. The lowest BCUT2D eigenvalue weighted by atomic mass is 9.97. The van der Waals surface area contributed by atoms with Gasteiger partial charge in [0, 0.05) is 25.7 Å². The molecule has 144 valence electrons. The molecule has 1 fully saturated rings. The molecule has 1 saturated heterocycles. The van der Waals surface area contributed by atoms with E-state index in [0.717, 1.165) is 16.6 Å². The molecular formula is C21H22N4O3. The summed E-state index contributed by atoms with van der Waals surface area (Å²) in [4.78, 5) is 31.2. The molecule has 0 radical (unpaired) electrons. The second-order valence-electron chi connectivity index (χ2n) is 7.26. The van der Waals surface area contributed by atoms with Crippen molar-refractivity contribution in [1.29, 1.82) is 0 Å². The molecule has 3 aromatic rings. The lowest BCUT2D eigenvalue weighted by Crippen LogP contribution is -2.42. The highest BCUT2D eigenvalue weighted by Crippen LogP contribution is 2.29. The number of aromatic nitrogens is 3. The van der Waals surface area contributed by atoms with Gasteiger partial charge in [0.2, 0.25) is 0 Å². The van der Waals surface area contributed by atoms with Crippen molar-refractivity contribution < 1.29 is 14.7 Å². The van der Waals surface area contributed by atoms with Crippen LogP contribution in [-0.2, 0) is 11.8 Å². The average molecular weight is 378 g/mol. The van der Waals surface area contributed by atoms with Gasteiger partial charge in [0.05, 0.1) is 28.3 Å². The molecule has 1 atom stereocenters. The molecule has 1 N–H and O–H groups in total. The molecule has 28 heavy (non-hydrogen) atoms. The molecule has 0 aliphatic carbocycles. The van der Waals surface area contributed by atoms with Gasteiger partial charge < -0.3 is 10.0 Å². The van der Waals surface area contributed by atoms with Gasteiger partial charge in [-0.25, -0.2) is 4.98 Å². The maximum absolute atomic E-state index is 13.4. The van der Waals surface area contributed by atoms with Crippen LogP contribution in [0.25, 0.3) is 22.3 Å². The molecule has 0 bridgehead atoms. The lowest BCUT2D eigenvalue weighted by Gasteiger charge is -2.31. The third-order valence-corrected chi connectivity index (χ3v) is 5.33. The Hall–Kier alpha value is -3.22. The zero-order valence-electron chi connectivity index (χ0n) is 15.9. The number of aryl methyl sites for hydroxylation is 2. The molecular weight excluding hydrogens is 356 g/mol. The van der Waals surface area contributed by atoms with Gasteiger partial charge in [0.25, 0.3) is 5.91 Å². The molecule has 1 unspecified atom stereocenters. The number of carbonyl (C=O) groups is 2. The first-order chi connectivity index (χ1) is 13.5. The highest BCUT2D eigenvalue weighted by atomic mass is 16.4. The molecule has 3 heterocycles. The monoisotopic (exact) mass is 378 g/mol. The first kappa shape index (κ1) is 18.2. The molecule has 0 spiro atoms. The molecule has 1 amide bonds. The van der Waals surface area contributed by atoms with E-state index in [1.165, 1.54) is 0 Å². The predicted octanol–water partition coefficient (Wildman–Crippen LogP) is 2.88. The van der Waals surface area contributed by atoms with Crippen LogP contribution in [0.4, 0.5) is 0 Å². The third-order valence-electron chi connectivity index (χ3n) is 5.33. The molecule has 2 aromatic heterocycles. The zero-order valence-corrected chi connectivity index (χ0v) is 15.9. The maximum atomic E-state index is 13.4. The van der Waals surface area contributed by atoms with Gasteiger partial charge in [-0.2, -0.15) is 5.10 Å². The van der Waals surface area contributed by atoms with E-state index in [-0.39, 0.29) is 12.5 Å². The molecule has 1 aromatic carbocycles. The summed E-state index contributed by atoms with van der Waals surface area (Å²) in [7, 11) is 1.81. The number of hydrogen-bond acceptors (Lipinski definition) is 4. The topological polar surface area (TPSA) is 88.3 Å². The molecule has 4 rings (SSSR count). The lowest BCUT2D eigenvalue weighted by molar-refractivity contribution is -0.143. The number of carboxylic acid groups (broad SMARTS) is 1. The quantitative estimate of drug-likeness (QED) is 0.757. The minimum absolute atomic E-state index is 0.161. The Morgan fingerprint density at radius 2 is 1.96 bits per heavy atom. The Balaban J connectivity index is 1.83. The summed E-state index contributed by atoms with van der Waals surface area (Å²) in [5.74, 6) is -1.52. The number of amides is 1. The summed E-state index contributed by atoms with van der Waals surface area (Å²) in [5.41, 5.74) is 3.53. The third kappa shape index (κ3) is 3.13. The van der Waals surface area contributed by atoms with Crippen molar-refractivity contribution in [3.63, 3.8) is 0 Å². The van der Waals surface area contributed by atoms with Crippen LogP contribution >= 0.6 is 0 Å². The van der Waals surface area contributed by atoms with Crippen LogP contribution < -0.4 is 0 Å². The second kappa shape index (κ2) is 7.07. The summed E-state index contributed by atoms with van der Waals surface area (Å²) < 4.78 is 1.68. The number of aliphatic carboxylic acids is 1. The fourth-order valence-electron chi connectivity index (χ4n) is 3.90. The summed E-state index contributed by atoms with van der Waals surface area (Å²) in [5, 5.41) is 14.5. The van der Waals surface area contributed by atoms with Crippen LogP contribution in [0.1, 0.15) is 28.9 Å². The van der Waals surface area contributed by atoms with Crippen molar-refractivity contribution in [2.45, 2.75) is 19.8 Å². The van der Waals surface area contributed by atoms with Crippen LogP contribution in [0, 0.1) is 12.8 Å². The number of nitrogens with zero attached hydrogens (tertiary/aromatic N) is 4. The fraction of sp³-hybridized carbons (Fsp3) is 0.333. The standard InChI is InChI=1S/C21H22N4O3/c1-13-18-16(20(26)25-10-6-9-15(12-25)21(27)28)11-17(14-7-4-3-5-8-14)22-19(18)24(2)23-13/h3-5,7-8,11,15H,6,9-10,12H2,1-2H3,(H,27,28). The van der Waals surface area contributed by atoms with Crippen molar-refractivity contribution >= 4 is 22.9 Å². The summed E-state index contributed by atoms with van der Waals surface area (Å²) in [6, 6.07) is 11.5. The largest absolute Gasteiger partial charge is 0.481 e. The van der Waals surface area contributed by atoms with Gasteiger partial charge in [0.1, 0.15) is 0 Å². The van der Waals surface area contributed by atoms with Crippen LogP contribution in [-0.4, -0.2) is 49.7 Å². The number of benzene rings is 1. The number of fused-ring (bicyclic) bond motifs is 1. The zero-order chi connectivity index (χ0) is 19.8. The van der Waals surface area contributed by atoms with E-state index in [2.05, 4.69) is 5.10 Å². The number of rotatable bonds is 3. The number of likely N-dealkylation sites (tertiary alicyclic amines) is 1. The smallest absolute Gasteiger partial charge is 0.308 e. The van der Waals surface area contributed by atoms with E-state index in [1.54, 1.807) is 15.6 Å². The molecule has 7 heteroatoms. The Kier molecular flexibility index (Phi) is 4.58. The first-order valence-electron chi connectivity index (χ1n) is 9.37. The molecule has 1 aliphatic rings. The number of pyridine rings is 1.